The lowest BCUT2D eigenvalue weighted by Crippen LogP contribution is -2.27. The van der Waals surface area contributed by atoms with Crippen LogP contribution in [0.1, 0.15) is 13.8 Å². The maximum absolute atomic E-state index is 10.1. The molecule has 0 rings (SSSR count). The summed E-state index contributed by atoms with van der Waals surface area (Å²) < 4.78 is 0. The molecule has 0 bridgehead atoms. The lowest BCUT2D eigenvalue weighted by molar-refractivity contribution is -0.137. The molecule has 0 radical (unpaired) electrons. The highest BCUT2D eigenvalue weighted by Gasteiger charge is 2.05. The summed E-state index contributed by atoms with van der Waals surface area (Å²) in [7, 11) is 0. The summed E-state index contributed by atoms with van der Waals surface area (Å²) in [6.45, 7) is 3.93. The Labute approximate surface area is 60.5 Å². The lowest BCUT2D eigenvalue weighted by atomic mass is 10.1. The Morgan fingerprint density at radius 1 is 1.50 bits per heavy atom. The fraction of sp³-hybridized carbons (Fsp3) is 0.571. The van der Waals surface area contributed by atoms with E-state index in [0.717, 1.165) is 0 Å². The second-order valence-electron chi connectivity index (χ2n) is 2.49. The van der Waals surface area contributed by atoms with Crippen LogP contribution >= 0.6 is 0 Å². The first-order chi connectivity index (χ1) is 4.54. The molecule has 0 aromatic carbocycles. The highest BCUT2D eigenvalue weighted by molar-refractivity contribution is 5.75. The van der Waals surface area contributed by atoms with Crippen LogP contribution in [0, 0.1) is 5.92 Å². The molecule has 0 aliphatic rings. The Hall–Kier alpha value is -0.830. The second-order valence-corrected chi connectivity index (χ2v) is 2.49. The number of carbonyl (C=O) groups is 1. The number of allylic oxidation sites excluding steroid dienone is 1. The van der Waals surface area contributed by atoms with Crippen molar-refractivity contribution in [2.24, 2.45) is 11.7 Å². The molecule has 58 valence electrons. The SMILES string of the molecule is CC(C)/C=C/C(N)C(=O)O. The van der Waals surface area contributed by atoms with Gasteiger partial charge in [0, 0.05) is 0 Å². The fourth-order valence-corrected chi connectivity index (χ4v) is 0.424. The van der Waals surface area contributed by atoms with Crippen LogP contribution in [-0.2, 0) is 4.79 Å². The minimum absolute atomic E-state index is 0.352. The van der Waals surface area contributed by atoms with Gasteiger partial charge in [-0.25, -0.2) is 0 Å². The van der Waals surface area contributed by atoms with Crippen molar-refractivity contribution >= 4 is 5.97 Å². The molecule has 3 N–H and O–H groups in total. The van der Waals surface area contributed by atoms with Gasteiger partial charge in [-0.3, -0.25) is 4.79 Å². The van der Waals surface area contributed by atoms with E-state index in [4.69, 9.17) is 10.8 Å². The molecular weight excluding hydrogens is 130 g/mol. The highest BCUT2D eigenvalue weighted by atomic mass is 16.4. The summed E-state index contributed by atoms with van der Waals surface area (Å²) in [4.78, 5) is 10.1. The van der Waals surface area contributed by atoms with E-state index < -0.39 is 12.0 Å². The monoisotopic (exact) mass is 143 g/mol. The Morgan fingerprint density at radius 3 is 2.30 bits per heavy atom. The first kappa shape index (κ1) is 9.17. The van der Waals surface area contributed by atoms with Gasteiger partial charge in [-0.15, -0.1) is 0 Å². The predicted octanol–water partition coefficient (Wildman–Crippen LogP) is 0.611. The van der Waals surface area contributed by atoms with Gasteiger partial charge in [-0.2, -0.15) is 0 Å². The Morgan fingerprint density at radius 2 is 2.00 bits per heavy atom. The van der Waals surface area contributed by atoms with Crippen LogP contribution in [0.3, 0.4) is 0 Å². The van der Waals surface area contributed by atoms with E-state index in [1.807, 2.05) is 13.8 Å². The molecule has 0 saturated heterocycles. The number of carboxylic acids is 1. The lowest BCUT2D eigenvalue weighted by Gasteiger charge is -1.98. The van der Waals surface area contributed by atoms with Crippen LogP contribution in [0.15, 0.2) is 12.2 Å². The number of hydrogen-bond acceptors (Lipinski definition) is 2. The number of rotatable bonds is 3. The van der Waals surface area contributed by atoms with Crippen LogP contribution in [0.4, 0.5) is 0 Å². The largest absolute Gasteiger partial charge is 0.480 e. The third-order valence-corrected chi connectivity index (χ3v) is 0.989. The van der Waals surface area contributed by atoms with E-state index in [2.05, 4.69) is 0 Å². The van der Waals surface area contributed by atoms with Gasteiger partial charge in [0.15, 0.2) is 0 Å². The van der Waals surface area contributed by atoms with Crippen LogP contribution in [0.2, 0.25) is 0 Å². The van der Waals surface area contributed by atoms with Gasteiger partial charge in [-0.05, 0) is 5.92 Å². The molecule has 0 amide bonds. The first-order valence-electron chi connectivity index (χ1n) is 3.20. The molecule has 0 aliphatic heterocycles. The van der Waals surface area contributed by atoms with Gasteiger partial charge < -0.3 is 10.8 Å². The van der Waals surface area contributed by atoms with Crippen molar-refractivity contribution in [1.29, 1.82) is 0 Å². The molecule has 0 spiro atoms. The molecule has 0 aromatic rings. The van der Waals surface area contributed by atoms with E-state index in [1.165, 1.54) is 6.08 Å². The van der Waals surface area contributed by atoms with Gasteiger partial charge in [0.2, 0.25) is 0 Å². The average Bonchev–Trinajstić information content (AvgIpc) is 1.82. The number of nitrogens with two attached hydrogens (primary N) is 1. The summed E-state index contributed by atoms with van der Waals surface area (Å²) in [6, 6.07) is -0.859. The van der Waals surface area contributed by atoms with Crippen molar-refractivity contribution in [3.8, 4) is 0 Å². The number of hydrogen-bond donors (Lipinski definition) is 2. The van der Waals surface area contributed by atoms with E-state index in [0.29, 0.717) is 5.92 Å². The van der Waals surface area contributed by atoms with Gasteiger partial charge in [0.1, 0.15) is 6.04 Å². The summed E-state index contributed by atoms with van der Waals surface area (Å²) in [6.07, 6.45) is 3.27. The molecule has 1 atom stereocenters. The average molecular weight is 143 g/mol. The molecule has 0 aromatic heterocycles. The maximum atomic E-state index is 10.1. The maximum Gasteiger partial charge on any atom is 0.324 e. The molecule has 0 aliphatic carbocycles. The predicted molar refractivity (Wildman–Crippen MR) is 39.6 cm³/mol. The molecule has 1 unspecified atom stereocenters. The highest BCUT2D eigenvalue weighted by Crippen LogP contribution is 1.94. The third-order valence-electron chi connectivity index (χ3n) is 0.989. The van der Waals surface area contributed by atoms with Gasteiger partial charge >= 0.3 is 5.97 Å². The summed E-state index contributed by atoms with van der Waals surface area (Å²) in [5.41, 5.74) is 5.18. The summed E-state index contributed by atoms with van der Waals surface area (Å²) >= 11 is 0. The molecule has 0 fully saturated rings. The molecule has 3 nitrogen and oxygen atoms in total. The smallest absolute Gasteiger partial charge is 0.324 e. The third kappa shape index (κ3) is 4.09. The van der Waals surface area contributed by atoms with Crippen molar-refractivity contribution < 1.29 is 9.90 Å². The van der Waals surface area contributed by atoms with Gasteiger partial charge in [0.25, 0.3) is 0 Å². The van der Waals surface area contributed by atoms with Gasteiger partial charge in [-0.1, -0.05) is 26.0 Å². The number of carboxylic acid groups (broad SMARTS) is 1. The minimum Gasteiger partial charge on any atom is -0.480 e. The van der Waals surface area contributed by atoms with Crippen molar-refractivity contribution in [2.45, 2.75) is 19.9 Å². The van der Waals surface area contributed by atoms with E-state index in [-0.39, 0.29) is 0 Å². The zero-order valence-electron chi connectivity index (χ0n) is 6.24. The van der Waals surface area contributed by atoms with Crippen molar-refractivity contribution in [3.63, 3.8) is 0 Å². The van der Waals surface area contributed by atoms with Crippen molar-refractivity contribution in [3.05, 3.63) is 12.2 Å². The molecule has 0 heterocycles. The quantitative estimate of drug-likeness (QED) is 0.569. The van der Waals surface area contributed by atoms with Crippen molar-refractivity contribution in [2.75, 3.05) is 0 Å². The standard InChI is InChI=1S/C7H13NO2/c1-5(2)3-4-6(8)7(9)10/h3-6H,8H2,1-2H3,(H,9,10)/b4-3+. The Balaban J connectivity index is 3.77. The minimum atomic E-state index is -0.989. The molecule has 0 saturated carbocycles. The van der Waals surface area contributed by atoms with Crippen LogP contribution in [0.5, 0.6) is 0 Å². The van der Waals surface area contributed by atoms with E-state index in [1.54, 1.807) is 6.08 Å². The summed E-state index contributed by atoms with van der Waals surface area (Å²) in [5.74, 6) is -0.637. The zero-order valence-corrected chi connectivity index (χ0v) is 6.24. The van der Waals surface area contributed by atoms with Crippen LogP contribution in [0.25, 0.3) is 0 Å². The second kappa shape index (κ2) is 4.06. The van der Waals surface area contributed by atoms with E-state index >= 15 is 0 Å². The van der Waals surface area contributed by atoms with E-state index in [9.17, 15) is 4.79 Å². The topological polar surface area (TPSA) is 63.3 Å². The summed E-state index contributed by atoms with van der Waals surface area (Å²) in [5, 5.41) is 8.32. The molecule has 10 heavy (non-hydrogen) atoms. The normalized spacial score (nSPS) is 14.4. The Kier molecular flexibility index (Phi) is 3.72. The van der Waals surface area contributed by atoms with Crippen LogP contribution < -0.4 is 5.73 Å². The molecular formula is C7H13NO2. The number of aliphatic carboxylic acids is 1. The fourth-order valence-electron chi connectivity index (χ4n) is 0.424. The van der Waals surface area contributed by atoms with Crippen molar-refractivity contribution in [1.82, 2.24) is 0 Å². The Bertz CT molecular complexity index is 141. The zero-order chi connectivity index (χ0) is 8.15. The first-order valence-corrected chi connectivity index (χ1v) is 3.20. The molecule has 3 heteroatoms. The van der Waals surface area contributed by atoms with Gasteiger partial charge in [0.05, 0.1) is 0 Å². The van der Waals surface area contributed by atoms with Crippen LogP contribution in [-0.4, -0.2) is 17.1 Å².